The van der Waals surface area contributed by atoms with Crippen LogP contribution in [0.1, 0.15) is 5.56 Å². The molecule has 2 N–H and O–H groups in total. The van der Waals surface area contributed by atoms with Gasteiger partial charge < -0.3 is 4.74 Å². The third-order valence-corrected chi connectivity index (χ3v) is 4.39. The van der Waals surface area contributed by atoms with Crippen LogP contribution in [0.25, 0.3) is 0 Å². The Morgan fingerprint density at radius 1 is 1.24 bits per heavy atom. The topological polar surface area (TPSA) is 69.4 Å². The summed E-state index contributed by atoms with van der Waals surface area (Å²) in [6.45, 7) is -0.0106. The SMILES string of the molecule is NS(=O)(=O)c1cc(Br)ccc1OCc1ccc(F)cc1Cl. The minimum atomic E-state index is -3.93. The third kappa shape index (κ3) is 4.16. The first-order chi connectivity index (χ1) is 9.77. The normalized spacial score (nSPS) is 11.4. The van der Waals surface area contributed by atoms with Crippen molar-refractivity contribution in [3.63, 3.8) is 0 Å². The van der Waals surface area contributed by atoms with Crippen molar-refractivity contribution in [3.05, 3.63) is 57.3 Å². The van der Waals surface area contributed by atoms with E-state index >= 15 is 0 Å². The van der Waals surface area contributed by atoms with E-state index in [-0.39, 0.29) is 22.3 Å². The standard InChI is InChI=1S/C13H10BrClFNO3S/c14-9-2-4-12(13(5-9)21(17,18)19)20-7-8-1-3-10(16)6-11(8)15/h1-6H,7H2,(H2,17,18,19). The zero-order valence-electron chi connectivity index (χ0n) is 10.5. The maximum atomic E-state index is 12.9. The maximum absolute atomic E-state index is 12.9. The van der Waals surface area contributed by atoms with E-state index in [4.69, 9.17) is 21.5 Å². The maximum Gasteiger partial charge on any atom is 0.241 e. The molecule has 0 radical (unpaired) electrons. The van der Waals surface area contributed by atoms with Gasteiger partial charge in [0.1, 0.15) is 23.1 Å². The molecule has 0 saturated heterocycles. The highest BCUT2D eigenvalue weighted by atomic mass is 79.9. The Bertz CT molecular complexity index is 783. The van der Waals surface area contributed by atoms with Gasteiger partial charge >= 0.3 is 0 Å². The summed E-state index contributed by atoms with van der Waals surface area (Å²) in [6.07, 6.45) is 0. The highest BCUT2D eigenvalue weighted by Gasteiger charge is 2.16. The van der Waals surface area contributed by atoms with Crippen LogP contribution in [0.4, 0.5) is 4.39 Å². The van der Waals surface area contributed by atoms with Crippen molar-refractivity contribution < 1.29 is 17.5 Å². The van der Waals surface area contributed by atoms with Gasteiger partial charge in [0.2, 0.25) is 10.0 Å². The summed E-state index contributed by atoms with van der Waals surface area (Å²) in [5.74, 6) is -0.362. The minimum absolute atomic E-state index is 0.0106. The predicted octanol–water partition coefficient (Wildman–Crippen LogP) is 3.47. The molecule has 0 amide bonds. The van der Waals surface area contributed by atoms with E-state index in [9.17, 15) is 12.8 Å². The summed E-state index contributed by atoms with van der Waals surface area (Å²) >= 11 is 9.05. The fourth-order valence-electron chi connectivity index (χ4n) is 1.62. The lowest BCUT2D eigenvalue weighted by Crippen LogP contribution is -2.14. The summed E-state index contributed by atoms with van der Waals surface area (Å²) in [5.41, 5.74) is 0.529. The van der Waals surface area contributed by atoms with E-state index in [1.54, 1.807) is 6.07 Å². The van der Waals surface area contributed by atoms with Crippen LogP contribution in [0, 0.1) is 5.82 Å². The van der Waals surface area contributed by atoms with Gasteiger partial charge in [0.05, 0.1) is 5.02 Å². The number of halogens is 3. The average Bonchev–Trinajstić information content (AvgIpc) is 2.38. The highest BCUT2D eigenvalue weighted by Crippen LogP contribution is 2.28. The van der Waals surface area contributed by atoms with Crippen LogP contribution in [0.3, 0.4) is 0 Å². The molecular weight excluding hydrogens is 385 g/mol. The van der Waals surface area contributed by atoms with E-state index in [0.29, 0.717) is 10.0 Å². The van der Waals surface area contributed by atoms with Gasteiger partial charge in [0.15, 0.2) is 0 Å². The lowest BCUT2D eigenvalue weighted by atomic mass is 10.2. The molecular formula is C13H10BrClFNO3S. The molecule has 0 aliphatic carbocycles. The Kier molecular flexibility index (Phi) is 4.88. The first-order valence-corrected chi connectivity index (χ1v) is 8.38. The van der Waals surface area contributed by atoms with Crippen molar-refractivity contribution in [2.24, 2.45) is 5.14 Å². The first kappa shape index (κ1) is 16.2. The molecule has 2 aromatic rings. The van der Waals surface area contributed by atoms with E-state index in [1.165, 1.54) is 24.3 Å². The molecule has 8 heteroatoms. The second-order valence-electron chi connectivity index (χ2n) is 4.16. The molecule has 0 unspecified atom stereocenters. The Morgan fingerprint density at radius 3 is 2.57 bits per heavy atom. The largest absolute Gasteiger partial charge is 0.487 e. The summed E-state index contributed by atoms with van der Waals surface area (Å²) in [5, 5.41) is 5.34. The third-order valence-electron chi connectivity index (χ3n) is 2.61. The number of primary sulfonamides is 1. The lowest BCUT2D eigenvalue weighted by Gasteiger charge is -2.11. The number of benzene rings is 2. The summed E-state index contributed by atoms with van der Waals surface area (Å²) in [4.78, 5) is -0.143. The van der Waals surface area contributed by atoms with Gasteiger partial charge in [-0.2, -0.15) is 0 Å². The second-order valence-corrected chi connectivity index (χ2v) is 7.01. The van der Waals surface area contributed by atoms with Gasteiger partial charge in [-0.15, -0.1) is 0 Å². The molecule has 0 saturated carbocycles. The molecule has 0 aliphatic heterocycles. The summed E-state index contributed by atoms with van der Waals surface area (Å²) in [7, 11) is -3.93. The second kappa shape index (κ2) is 6.31. The fourth-order valence-corrected chi connectivity index (χ4v) is 3.05. The number of hydrogen-bond acceptors (Lipinski definition) is 3. The number of rotatable bonds is 4. The molecule has 0 bridgehead atoms. The van der Waals surface area contributed by atoms with Crippen LogP contribution in [-0.2, 0) is 16.6 Å². The van der Waals surface area contributed by atoms with E-state index in [1.807, 2.05) is 0 Å². The molecule has 0 spiro atoms. The van der Waals surface area contributed by atoms with E-state index < -0.39 is 15.8 Å². The molecule has 2 rings (SSSR count). The molecule has 0 fully saturated rings. The Hall–Kier alpha value is -1.15. The molecule has 112 valence electrons. The quantitative estimate of drug-likeness (QED) is 0.863. The Balaban J connectivity index is 2.28. The van der Waals surface area contributed by atoms with Crippen LogP contribution in [0.5, 0.6) is 5.75 Å². The van der Waals surface area contributed by atoms with Crippen molar-refractivity contribution in [2.45, 2.75) is 11.5 Å². The lowest BCUT2D eigenvalue weighted by molar-refractivity contribution is 0.298. The molecule has 0 aliphatic rings. The van der Waals surface area contributed by atoms with Gasteiger partial charge in [-0.1, -0.05) is 33.6 Å². The van der Waals surface area contributed by atoms with Crippen LogP contribution < -0.4 is 9.88 Å². The zero-order chi connectivity index (χ0) is 15.6. The van der Waals surface area contributed by atoms with Gasteiger partial charge in [-0.05, 0) is 30.3 Å². The fraction of sp³-hybridized carbons (Fsp3) is 0.0769. The van der Waals surface area contributed by atoms with Crippen LogP contribution in [-0.4, -0.2) is 8.42 Å². The van der Waals surface area contributed by atoms with Crippen molar-refractivity contribution in [1.29, 1.82) is 0 Å². The highest BCUT2D eigenvalue weighted by molar-refractivity contribution is 9.10. The van der Waals surface area contributed by atoms with Crippen molar-refractivity contribution in [3.8, 4) is 5.75 Å². The van der Waals surface area contributed by atoms with Crippen molar-refractivity contribution in [1.82, 2.24) is 0 Å². The first-order valence-electron chi connectivity index (χ1n) is 5.66. The van der Waals surface area contributed by atoms with Crippen LogP contribution in [0.2, 0.25) is 5.02 Å². The smallest absolute Gasteiger partial charge is 0.241 e. The predicted molar refractivity (Wildman–Crippen MR) is 81.3 cm³/mol. The Labute approximate surface area is 134 Å². The van der Waals surface area contributed by atoms with Crippen LogP contribution in [0.15, 0.2) is 45.8 Å². The molecule has 21 heavy (non-hydrogen) atoms. The molecule has 0 heterocycles. The Morgan fingerprint density at radius 2 is 1.95 bits per heavy atom. The van der Waals surface area contributed by atoms with Crippen molar-refractivity contribution >= 4 is 37.6 Å². The molecule has 2 aromatic carbocycles. The van der Waals surface area contributed by atoms with E-state index in [2.05, 4.69) is 15.9 Å². The minimum Gasteiger partial charge on any atom is -0.487 e. The average molecular weight is 395 g/mol. The number of hydrogen-bond donors (Lipinski definition) is 1. The van der Waals surface area contributed by atoms with Gasteiger partial charge in [-0.25, -0.2) is 17.9 Å². The zero-order valence-corrected chi connectivity index (χ0v) is 13.7. The molecule has 0 aromatic heterocycles. The molecule has 0 atom stereocenters. The number of nitrogens with two attached hydrogens (primary N) is 1. The van der Waals surface area contributed by atoms with Gasteiger partial charge in [0.25, 0.3) is 0 Å². The van der Waals surface area contributed by atoms with Crippen molar-refractivity contribution in [2.75, 3.05) is 0 Å². The monoisotopic (exact) mass is 393 g/mol. The number of sulfonamides is 1. The summed E-state index contributed by atoms with van der Waals surface area (Å²) < 4.78 is 42.0. The van der Waals surface area contributed by atoms with Gasteiger partial charge in [0, 0.05) is 10.0 Å². The molecule has 4 nitrogen and oxygen atoms in total. The van der Waals surface area contributed by atoms with Gasteiger partial charge in [-0.3, -0.25) is 0 Å². The number of ether oxygens (including phenoxy) is 1. The summed E-state index contributed by atoms with van der Waals surface area (Å²) in [6, 6.07) is 8.30. The van der Waals surface area contributed by atoms with E-state index in [0.717, 1.165) is 6.07 Å². The van der Waals surface area contributed by atoms with Crippen LogP contribution >= 0.6 is 27.5 Å².